The molecule has 30 heavy (non-hydrogen) atoms. The molecule has 0 aromatic heterocycles. The summed E-state index contributed by atoms with van der Waals surface area (Å²) in [6.45, 7) is 4.38. The van der Waals surface area contributed by atoms with E-state index in [0.29, 0.717) is 29.9 Å². The van der Waals surface area contributed by atoms with Gasteiger partial charge in [-0.3, -0.25) is 10.3 Å². The molecule has 1 aliphatic heterocycles. The number of hydrogen-bond donors (Lipinski definition) is 2. The fourth-order valence-electron chi connectivity index (χ4n) is 3.78. The number of benzene rings is 3. The molecule has 0 bridgehead atoms. The predicted molar refractivity (Wildman–Crippen MR) is 117 cm³/mol. The summed E-state index contributed by atoms with van der Waals surface area (Å²) in [7, 11) is 0. The topological polar surface area (TPSA) is 53.8 Å². The number of nitrogens with zero attached hydrogens (tertiary/aromatic N) is 1. The molecule has 0 amide bonds. The lowest BCUT2D eigenvalue weighted by Crippen LogP contribution is -2.33. The van der Waals surface area contributed by atoms with Crippen LogP contribution >= 0.6 is 0 Å². The van der Waals surface area contributed by atoms with E-state index in [1.807, 2.05) is 50.2 Å². The number of aryl methyl sites for hydroxylation is 1. The number of para-hydroxylation sites is 1. The van der Waals surface area contributed by atoms with E-state index >= 15 is 0 Å². The van der Waals surface area contributed by atoms with Gasteiger partial charge in [-0.2, -0.15) is 0 Å². The summed E-state index contributed by atoms with van der Waals surface area (Å²) in [4.78, 5) is 4.83. The second-order valence-electron chi connectivity index (χ2n) is 7.42. The van der Waals surface area contributed by atoms with Crippen molar-refractivity contribution in [1.82, 2.24) is 5.32 Å². The minimum atomic E-state index is -0.559. The van der Waals surface area contributed by atoms with E-state index in [0.717, 1.165) is 16.8 Å². The summed E-state index contributed by atoms with van der Waals surface area (Å²) in [6, 6.07) is 20.0. The Kier molecular flexibility index (Phi) is 5.81. The molecule has 0 spiro atoms. The van der Waals surface area contributed by atoms with Gasteiger partial charge in [-0.15, -0.1) is 0 Å². The number of phenols is 1. The van der Waals surface area contributed by atoms with E-state index in [1.54, 1.807) is 24.3 Å². The molecule has 154 valence electrons. The average molecular weight is 404 g/mol. The number of halogens is 1. The van der Waals surface area contributed by atoms with Crippen LogP contribution in [0.3, 0.4) is 0 Å². The van der Waals surface area contributed by atoms with Crippen LogP contribution in [0.5, 0.6) is 11.5 Å². The highest BCUT2D eigenvalue weighted by Gasteiger charge is 2.29. The summed E-state index contributed by atoms with van der Waals surface area (Å²) in [6.07, 6.45) is 0.00773. The molecule has 5 heteroatoms. The molecule has 3 aromatic carbocycles. The lowest BCUT2D eigenvalue weighted by atomic mass is 9.93. The average Bonchev–Trinajstić information content (AvgIpc) is 2.76. The van der Waals surface area contributed by atoms with Crippen LogP contribution in [0.15, 0.2) is 71.7 Å². The Morgan fingerprint density at radius 3 is 2.50 bits per heavy atom. The monoisotopic (exact) mass is 404 g/mol. The zero-order valence-corrected chi connectivity index (χ0v) is 17.1. The Morgan fingerprint density at radius 1 is 1.03 bits per heavy atom. The molecule has 1 aliphatic rings. The molecular formula is C25H25FN2O2. The summed E-state index contributed by atoms with van der Waals surface area (Å²) in [5.41, 5.74) is 4.22. The molecule has 3 aromatic rings. The number of ether oxygens (including phenoxy) is 1. The first-order chi connectivity index (χ1) is 14.6. The van der Waals surface area contributed by atoms with E-state index < -0.39 is 6.17 Å². The maximum absolute atomic E-state index is 14.6. The van der Waals surface area contributed by atoms with Crippen LogP contribution in [0, 0.1) is 12.7 Å². The SMILES string of the molecule is CCOc1cccc(C2CC(c3ccc(C)cc3)=NC(c3ccccc3F)N2)c1O. The van der Waals surface area contributed by atoms with Crippen LogP contribution in [0.25, 0.3) is 0 Å². The normalized spacial score (nSPS) is 18.7. The van der Waals surface area contributed by atoms with E-state index in [4.69, 9.17) is 9.73 Å². The van der Waals surface area contributed by atoms with Crippen molar-refractivity contribution in [2.24, 2.45) is 4.99 Å². The number of hydrogen-bond acceptors (Lipinski definition) is 4. The third-order valence-corrected chi connectivity index (χ3v) is 5.33. The highest BCUT2D eigenvalue weighted by atomic mass is 19.1. The van der Waals surface area contributed by atoms with Crippen molar-refractivity contribution in [2.75, 3.05) is 6.61 Å². The van der Waals surface area contributed by atoms with E-state index in [1.165, 1.54) is 6.07 Å². The molecule has 0 radical (unpaired) electrons. The standard InChI is InChI=1S/C25H25FN2O2/c1-3-30-23-10-6-8-19(24(23)29)22-15-21(17-13-11-16(2)12-14-17)27-25(28-22)18-7-4-5-9-20(18)26/h4-14,22,25,28-29H,3,15H2,1-2H3. The van der Waals surface area contributed by atoms with E-state index in [2.05, 4.69) is 5.32 Å². The van der Waals surface area contributed by atoms with Crippen molar-refractivity contribution in [3.8, 4) is 11.5 Å². The van der Waals surface area contributed by atoms with Crippen molar-refractivity contribution < 1.29 is 14.2 Å². The lowest BCUT2D eigenvalue weighted by molar-refractivity contribution is 0.313. The van der Waals surface area contributed by atoms with Gasteiger partial charge in [0.15, 0.2) is 11.5 Å². The third kappa shape index (κ3) is 4.07. The highest BCUT2D eigenvalue weighted by molar-refractivity contribution is 6.01. The van der Waals surface area contributed by atoms with Gasteiger partial charge in [-0.1, -0.05) is 60.2 Å². The van der Waals surface area contributed by atoms with Gasteiger partial charge >= 0.3 is 0 Å². The van der Waals surface area contributed by atoms with E-state index in [9.17, 15) is 9.50 Å². The molecule has 0 fully saturated rings. The molecule has 0 saturated heterocycles. The van der Waals surface area contributed by atoms with Gasteiger partial charge in [0.25, 0.3) is 0 Å². The second-order valence-corrected chi connectivity index (χ2v) is 7.42. The number of aromatic hydroxyl groups is 1. The van der Waals surface area contributed by atoms with Gasteiger partial charge in [0, 0.05) is 29.3 Å². The van der Waals surface area contributed by atoms with Gasteiger partial charge in [0.1, 0.15) is 12.0 Å². The number of phenolic OH excluding ortho intramolecular Hbond substituents is 1. The second kappa shape index (κ2) is 8.67. The van der Waals surface area contributed by atoms with Crippen molar-refractivity contribution in [1.29, 1.82) is 0 Å². The predicted octanol–water partition coefficient (Wildman–Crippen LogP) is 5.46. The first kappa shape index (κ1) is 20.1. The maximum atomic E-state index is 14.6. The highest BCUT2D eigenvalue weighted by Crippen LogP contribution is 2.39. The fraction of sp³-hybridized carbons (Fsp3) is 0.240. The number of nitrogens with one attached hydrogen (secondary N) is 1. The maximum Gasteiger partial charge on any atom is 0.162 e. The van der Waals surface area contributed by atoms with Crippen LogP contribution in [0.1, 0.15) is 47.8 Å². The smallest absolute Gasteiger partial charge is 0.162 e. The van der Waals surface area contributed by atoms with Crippen LogP contribution in [-0.2, 0) is 0 Å². The summed E-state index contributed by atoms with van der Waals surface area (Å²) in [5, 5.41) is 14.2. The van der Waals surface area contributed by atoms with Crippen molar-refractivity contribution in [3.63, 3.8) is 0 Å². The summed E-state index contributed by atoms with van der Waals surface area (Å²) >= 11 is 0. The van der Waals surface area contributed by atoms with E-state index in [-0.39, 0.29) is 17.6 Å². The van der Waals surface area contributed by atoms with Crippen LogP contribution in [0.4, 0.5) is 4.39 Å². The zero-order chi connectivity index (χ0) is 21.1. The lowest BCUT2D eigenvalue weighted by Gasteiger charge is -2.31. The molecule has 0 aliphatic carbocycles. The summed E-state index contributed by atoms with van der Waals surface area (Å²) in [5.74, 6) is 0.239. The zero-order valence-electron chi connectivity index (χ0n) is 17.1. The molecule has 0 saturated carbocycles. The van der Waals surface area contributed by atoms with Crippen LogP contribution < -0.4 is 10.1 Å². The first-order valence-electron chi connectivity index (χ1n) is 10.2. The molecular weight excluding hydrogens is 379 g/mol. The molecule has 1 heterocycles. The van der Waals surface area contributed by atoms with Gasteiger partial charge in [0.05, 0.1) is 6.61 Å². The van der Waals surface area contributed by atoms with Crippen LogP contribution in [-0.4, -0.2) is 17.4 Å². The minimum Gasteiger partial charge on any atom is -0.504 e. The Labute approximate surface area is 176 Å². The number of aliphatic imine (C=N–C) groups is 1. The van der Waals surface area contributed by atoms with Crippen molar-refractivity contribution >= 4 is 5.71 Å². The van der Waals surface area contributed by atoms with Crippen LogP contribution in [0.2, 0.25) is 0 Å². The Morgan fingerprint density at radius 2 is 1.77 bits per heavy atom. The molecule has 2 N–H and O–H groups in total. The summed E-state index contributed by atoms with van der Waals surface area (Å²) < 4.78 is 20.1. The van der Waals surface area contributed by atoms with Crippen molar-refractivity contribution in [2.45, 2.75) is 32.5 Å². The fourth-order valence-corrected chi connectivity index (χ4v) is 3.78. The van der Waals surface area contributed by atoms with Gasteiger partial charge < -0.3 is 9.84 Å². The number of rotatable bonds is 5. The quantitative estimate of drug-likeness (QED) is 0.594. The Hall–Kier alpha value is -3.18. The molecule has 2 unspecified atom stereocenters. The van der Waals surface area contributed by atoms with Gasteiger partial charge in [0.2, 0.25) is 0 Å². The van der Waals surface area contributed by atoms with Gasteiger partial charge in [-0.25, -0.2) is 4.39 Å². The molecule has 4 nitrogen and oxygen atoms in total. The van der Waals surface area contributed by atoms with Gasteiger partial charge in [-0.05, 0) is 31.5 Å². The first-order valence-corrected chi connectivity index (χ1v) is 10.2. The van der Waals surface area contributed by atoms with Crippen molar-refractivity contribution in [3.05, 3.63) is 94.8 Å². The molecule has 4 rings (SSSR count). The Balaban J connectivity index is 1.77. The Bertz CT molecular complexity index is 1060. The minimum absolute atomic E-state index is 0.106. The molecule has 2 atom stereocenters. The third-order valence-electron chi connectivity index (χ3n) is 5.33. The largest absolute Gasteiger partial charge is 0.504 e.